The van der Waals surface area contributed by atoms with E-state index in [9.17, 15) is 4.79 Å². The average Bonchev–Trinajstić information content (AvgIpc) is 2.51. The van der Waals surface area contributed by atoms with Crippen molar-refractivity contribution in [1.29, 1.82) is 0 Å². The number of carbonyl (C=O) groups excluding carboxylic acids is 1. The van der Waals surface area contributed by atoms with E-state index in [2.05, 4.69) is 5.32 Å². The number of nitrogens with zero attached hydrogens (tertiary/aromatic N) is 1. The van der Waals surface area contributed by atoms with E-state index in [4.69, 9.17) is 39.5 Å². The zero-order chi connectivity index (χ0) is 17.7. The minimum absolute atomic E-state index is 0.168. The lowest BCUT2D eigenvalue weighted by atomic mass is 10.2. The van der Waals surface area contributed by atoms with Crippen molar-refractivity contribution in [2.24, 2.45) is 0 Å². The zero-order valence-electron chi connectivity index (χ0n) is 13.3. The molecule has 0 heterocycles. The average molecular weight is 388 g/mol. The number of carbonyl (C=O) groups is 1. The van der Waals surface area contributed by atoms with Crippen molar-refractivity contribution in [3.63, 3.8) is 0 Å². The molecule has 2 aromatic carbocycles. The zero-order valence-corrected chi connectivity index (χ0v) is 15.5. The molecule has 1 amide bonds. The molecule has 0 spiro atoms. The van der Waals surface area contributed by atoms with Gasteiger partial charge in [-0.05, 0) is 42.9 Å². The fraction of sp³-hybridized carbons (Fsp3) is 0.235. The van der Waals surface area contributed by atoms with Crippen LogP contribution in [-0.2, 0) is 11.3 Å². The minimum atomic E-state index is -0.168. The molecule has 2 aromatic rings. The fourth-order valence-electron chi connectivity index (χ4n) is 2.22. The Morgan fingerprint density at radius 2 is 1.88 bits per heavy atom. The van der Waals surface area contributed by atoms with Crippen LogP contribution in [-0.4, -0.2) is 31.5 Å². The van der Waals surface area contributed by atoms with E-state index in [0.29, 0.717) is 33.0 Å². The highest BCUT2D eigenvalue weighted by Crippen LogP contribution is 2.27. The first-order valence-corrected chi connectivity index (χ1v) is 8.28. The molecule has 0 fully saturated rings. The lowest BCUT2D eigenvalue weighted by Crippen LogP contribution is -2.30. The molecular weight excluding hydrogens is 371 g/mol. The van der Waals surface area contributed by atoms with Gasteiger partial charge in [-0.2, -0.15) is 0 Å². The van der Waals surface area contributed by atoms with Crippen molar-refractivity contribution in [3.8, 4) is 5.75 Å². The summed E-state index contributed by atoms with van der Waals surface area (Å²) in [6, 6.07) is 10.5. The summed E-state index contributed by atoms with van der Waals surface area (Å²) < 4.78 is 5.21. The van der Waals surface area contributed by atoms with Gasteiger partial charge in [0.15, 0.2) is 0 Å². The molecule has 24 heavy (non-hydrogen) atoms. The van der Waals surface area contributed by atoms with Crippen molar-refractivity contribution in [2.45, 2.75) is 6.54 Å². The summed E-state index contributed by atoms with van der Waals surface area (Å²) in [6.45, 7) is 0.771. The van der Waals surface area contributed by atoms with Crippen molar-refractivity contribution in [1.82, 2.24) is 4.90 Å². The Bertz CT molecular complexity index is 738. The van der Waals surface area contributed by atoms with Crippen LogP contribution in [0.4, 0.5) is 5.69 Å². The summed E-state index contributed by atoms with van der Waals surface area (Å²) in [5, 5.41) is 4.33. The maximum Gasteiger partial charge on any atom is 0.238 e. The van der Waals surface area contributed by atoms with Crippen molar-refractivity contribution in [2.75, 3.05) is 26.0 Å². The molecule has 0 aliphatic rings. The van der Waals surface area contributed by atoms with Gasteiger partial charge in [0.2, 0.25) is 5.91 Å². The molecule has 0 aliphatic carbocycles. The molecular formula is C17H17Cl3N2O2. The third-order valence-electron chi connectivity index (χ3n) is 3.29. The second-order valence-electron chi connectivity index (χ2n) is 5.31. The second kappa shape index (κ2) is 8.58. The van der Waals surface area contributed by atoms with Gasteiger partial charge in [-0.3, -0.25) is 9.69 Å². The SMILES string of the molecule is COc1ccc(Cl)cc1NC(=O)CN(C)Cc1ccc(Cl)c(Cl)c1. The van der Waals surface area contributed by atoms with Crippen LogP contribution in [0.5, 0.6) is 5.75 Å². The Morgan fingerprint density at radius 1 is 1.12 bits per heavy atom. The van der Waals surface area contributed by atoms with Crippen LogP contribution in [0.15, 0.2) is 36.4 Å². The third-order valence-corrected chi connectivity index (χ3v) is 4.26. The Morgan fingerprint density at radius 3 is 2.54 bits per heavy atom. The van der Waals surface area contributed by atoms with Crippen molar-refractivity contribution in [3.05, 3.63) is 57.0 Å². The van der Waals surface area contributed by atoms with Gasteiger partial charge in [-0.1, -0.05) is 40.9 Å². The Balaban J connectivity index is 1.96. The van der Waals surface area contributed by atoms with Crippen LogP contribution >= 0.6 is 34.8 Å². The summed E-state index contributed by atoms with van der Waals surface area (Å²) in [5.41, 5.74) is 1.51. The van der Waals surface area contributed by atoms with Gasteiger partial charge in [0.05, 0.1) is 29.4 Å². The molecule has 0 radical (unpaired) electrons. The van der Waals surface area contributed by atoms with E-state index in [1.54, 1.807) is 30.3 Å². The molecule has 0 aromatic heterocycles. The van der Waals surface area contributed by atoms with Gasteiger partial charge < -0.3 is 10.1 Å². The topological polar surface area (TPSA) is 41.6 Å². The fourth-order valence-corrected chi connectivity index (χ4v) is 2.71. The number of ether oxygens (including phenoxy) is 1. The summed E-state index contributed by atoms with van der Waals surface area (Å²) in [6.07, 6.45) is 0. The molecule has 0 saturated heterocycles. The van der Waals surface area contributed by atoms with Gasteiger partial charge in [-0.15, -0.1) is 0 Å². The normalized spacial score (nSPS) is 10.8. The Kier molecular flexibility index (Phi) is 6.75. The standard InChI is InChI=1S/C17H17Cl3N2O2/c1-22(9-11-3-5-13(19)14(20)7-11)10-17(23)21-15-8-12(18)4-6-16(15)24-2/h3-8H,9-10H2,1-2H3,(H,21,23). The predicted octanol–water partition coefficient (Wildman–Crippen LogP) is 4.73. The van der Waals surface area contributed by atoms with Gasteiger partial charge in [0.1, 0.15) is 5.75 Å². The number of hydrogen-bond donors (Lipinski definition) is 1. The predicted molar refractivity (Wildman–Crippen MR) is 99.4 cm³/mol. The van der Waals surface area contributed by atoms with Crippen LogP contribution in [0.25, 0.3) is 0 Å². The maximum atomic E-state index is 12.2. The number of hydrogen-bond acceptors (Lipinski definition) is 3. The molecule has 4 nitrogen and oxygen atoms in total. The van der Waals surface area contributed by atoms with Gasteiger partial charge in [0.25, 0.3) is 0 Å². The van der Waals surface area contributed by atoms with Crippen LogP contribution in [0.1, 0.15) is 5.56 Å². The number of benzene rings is 2. The van der Waals surface area contributed by atoms with E-state index in [0.717, 1.165) is 5.56 Å². The second-order valence-corrected chi connectivity index (χ2v) is 6.56. The number of rotatable bonds is 6. The number of methoxy groups -OCH3 is 1. The Hall–Kier alpha value is -1.46. The highest BCUT2D eigenvalue weighted by Gasteiger charge is 2.11. The van der Waals surface area contributed by atoms with Crippen LogP contribution in [0, 0.1) is 0 Å². The number of amides is 1. The highest BCUT2D eigenvalue weighted by atomic mass is 35.5. The van der Waals surface area contributed by atoms with E-state index in [1.807, 2.05) is 18.0 Å². The van der Waals surface area contributed by atoms with E-state index < -0.39 is 0 Å². The number of likely N-dealkylation sites (N-methyl/N-ethyl adjacent to an activating group) is 1. The number of nitrogens with one attached hydrogen (secondary N) is 1. The van der Waals surface area contributed by atoms with Crippen molar-refractivity contribution >= 4 is 46.4 Å². The lowest BCUT2D eigenvalue weighted by Gasteiger charge is -2.17. The molecule has 0 unspecified atom stereocenters. The molecule has 2 rings (SSSR count). The largest absolute Gasteiger partial charge is 0.495 e. The van der Waals surface area contributed by atoms with Crippen LogP contribution in [0.2, 0.25) is 15.1 Å². The monoisotopic (exact) mass is 386 g/mol. The van der Waals surface area contributed by atoms with E-state index >= 15 is 0 Å². The molecule has 0 saturated carbocycles. The minimum Gasteiger partial charge on any atom is -0.495 e. The molecule has 0 bridgehead atoms. The molecule has 0 aliphatic heterocycles. The van der Waals surface area contributed by atoms with Gasteiger partial charge in [-0.25, -0.2) is 0 Å². The molecule has 1 N–H and O–H groups in total. The van der Waals surface area contributed by atoms with Crippen LogP contribution < -0.4 is 10.1 Å². The van der Waals surface area contributed by atoms with Gasteiger partial charge in [0, 0.05) is 11.6 Å². The lowest BCUT2D eigenvalue weighted by molar-refractivity contribution is -0.117. The summed E-state index contributed by atoms with van der Waals surface area (Å²) in [5.74, 6) is 0.387. The third kappa shape index (κ3) is 5.28. The van der Waals surface area contributed by atoms with Crippen LogP contribution in [0.3, 0.4) is 0 Å². The quantitative estimate of drug-likeness (QED) is 0.779. The number of anilines is 1. The summed E-state index contributed by atoms with van der Waals surface area (Å²) in [7, 11) is 3.38. The highest BCUT2D eigenvalue weighted by molar-refractivity contribution is 6.42. The molecule has 128 valence electrons. The Labute approximate surface area is 156 Å². The smallest absolute Gasteiger partial charge is 0.238 e. The molecule has 7 heteroatoms. The van der Waals surface area contributed by atoms with Gasteiger partial charge >= 0.3 is 0 Å². The summed E-state index contributed by atoms with van der Waals surface area (Å²) in [4.78, 5) is 14.1. The first-order chi connectivity index (χ1) is 11.4. The maximum absolute atomic E-state index is 12.2. The first kappa shape index (κ1) is 18.9. The number of halogens is 3. The van der Waals surface area contributed by atoms with E-state index in [-0.39, 0.29) is 12.5 Å². The molecule has 0 atom stereocenters. The first-order valence-electron chi connectivity index (χ1n) is 7.15. The van der Waals surface area contributed by atoms with E-state index in [1.165, 1.54) is 7.11 Å². The van der Waals surface area contributed by atoms with Crippen molar-refractivity contribution < 1.29 is 9.53 Å². The summed E-state index contributed by atoms with van der Waals surface area (Å²) >= 11 is 17.9.